The Balaban J connectivity index is 0.00000338. The molecule has 0 heterocycles. The number of hydrogen-bond donors (Lipinski definition) is 1. The van der Waals surface area contributed by atoms with E-state index in [-0.39, 0.29) is 24.3 Å². The molecule has 4 nitrogen and oxygen atoms in total. The number of sulfonamides is 1. The molecular formula is C19H26ClFN2O2S. The second kappa shape index (κ2) is 10.0. The fourth-order valence-electron chi connectivity index (χ4n) is 2.63. The van der Waals surface area contributed by atoms with Crippen molar-refractivity contribution in [1.82, 2.24) is 9.62 Å². The number of benzene rings is 2. The molecule has 0 radical (unpaired) electrons. The van der Waals surface area contributed by atoms with Gasteiger partial charge < -0.3 is 5.32 Å². The van der Waals surface area contributed by atoms with Crippen LogP contribution in [0.5, 0.6) is 0 Å². The summed E-state index contributed by atoms with van der Waals surface area (Å²) < 4.78 is 39.3. The SMILES string of the molecule is CCN(CC)S(=O)(=O)c1ccc(C(C)NCc2ccc(F)cc2)cc1.Cl. The van der Waals surface area contributed by atoms with Crippen molar-refractivity contribution in [2.24, 2.45) is 0 Å². The second-order valence-electron chi connectivity index (χ2n) is 5.89. The number of nitrogens with one attached hydrogen (secondary N) is 1. The van der Waals surface area contributed by atoms with Gasteiger partial charge in [-0.05, 0) is 42.3 Å². The maximum absolute atomic E-state index is 12.9. The van der Waals surface area contributed by atoms with E-state index < -0.39 is 10.0 Å². The zero-order valence-corrected chi connectivity index (χ0v) is 16.9. The molecule has 1 atom stereocenters. The number of halogens is 2. The summed E-state index contributed by atoms with van der Waals surface area (Å²) in [6.07, 6.45) is 0. The van der Waals surface area contributed by atoms with Crippen molar-refractivity contribution in [3.63, 3.8) is 0 Å². The molecule has 0 aliphatic heterocycles. The highest BCUT2D eigenvalue weighted by Crippen LogP contribution is 2.19. The first-order chi connectivity index (χ1) is 11.9. The van der Waals surface area contributed by atoms with Crippen LogP contribution in [0.1, 0.15) is 37.9 Å². The second-order valence-corrected chi connectivity index (χ2v) is 7.83. The van der Waals surface area contributed by atoms with Crippen LogP contribution in [0.3, 0.4) is 0 Å². The Labute approximate surface area is 161 Å². The van der Waals surface area contributed by atoms with E-state index in [4.69, 9.17) is 0 Å². The Morgan fingerprint density at radius 2 is 1.54 bits per heavy atom. The van der Waals surface area contributed by atoms with E-state index in [9.17, 15) is 12.8 Å². The summed E-state index contributed by atoms with van der Waals surface area (Å²) in [4.78, 5) is 0.311. The summed E-state index contributed by atoms with van der Waals surface area (Å²) in [5, 5.41) is 3.36. The lowest BCUT2D eigenvalue weighted by Gasteiger charge is -2.19. The van der Waals surface area contributed by atoms with Gasteiger partial charge in [0.15, 0.2) is 0 Å². The lowest BCUT2D eigenvalue weighted by molar-refractivity contribution is 0.445. The third-order valence-corrected chi connectivity index (χ3v) is 6.31. The largest absolute Gasteiger partial charge is 0.306 e. The average molecular weight is 401 g/mol. The molecule has 0 aromatic heterocycles. The summed E-state index contributed by atoms with van der Waals surface area (Å²) in [6.45, 7) is 7.19. The topological polar surface area (TPSA) is 49.4 Å². The molecule has 7 heteroatoms. The van der Waals surface area contributed by atoms with Crippen LogP contribution < -0.4 is 5.32 Å². The van der Waals surface area contributed by atoms with Gasteiger partial charge in [-0.3, -0.25) is 0 Å². The number of nitrogens with zero attached hydrogens (tertiary/aromatic N) is 1. The van der Waals surface area contributed by atoms with Crippen molar-refractivity contribution in [2.45, 2.75) is 38.3 Å². The number of rotatable bonds is 8. The van der Waals surface area contributed by atoms with Gasteiger partial charge in [-0.25, -0.2) is 12.8 Å². The van der Waals surface area contributed by atoms with Crippen LogP contribution in [0.2, 0.25) is 0 Å². The van der Waals surface area contributed by atoms with Crippen LogP contribution in [0.25, 0.3) is 0 Å². The molecule has 0 saturated heterocycles. The lowest BCUT2D eigenvalue weighted by Crippen LogP contribution is -2.30. The third-order valence-electron chi connectivity index (χ3n) is 4.25. The molecule has 2 aromatic rings. The van der Waals surface area contributed by atoms with Gasteiger partial charge >= 0.3 is 0 Å². The summed E-state index contributed by atoms with van der Waals surface area (Å²) in [5.41, 5.74) is 1.99. The maximum atomic E-state index is 12.9. The van der Waals surface area contributed by atoms with Crippen molar-refractivity contribution in [3.05, 3.63) is 65.5 Å². The van der Waals surface area contributed by atoms with E-state index >= 15 is 0 Å². The lowest BCUT2D eigenvalue weighted by atomic mass is 10.1. The Morgan fingerprint density at radius 1 is 1.00 bits per heavy atom. The summed E-state index contributed by atoms with van der Waals surface area (Å²) >= 11 is 0. The normalized spacial score (nSPS) is 12.7. The van der Waals surface area contributed by atoms with Gasteiger partial charge in [-0.2, -0.15) is 4.31 Å². The minimum atomic E-state index is -3.43. The predicted molar refractivity (Wildman–Crippen MR) is 105 cm³/mol. The van der Waals surface area contributed by atoms with Gasteiger partial charge in [0, 0.05) is 25.7 Å². The third kappa shape index (κ3) is 5.51. The fourth-order valence-corrected chi connectivity index (χ4v) is 4.09. The summed E-state index contributed by atoms with van der Waals surface area (Å²) in [5.74, 6) is -0.248. The van der Waals surface area contributed by atoms with Crippen molar-refractivity contribution >= 4 is 22.4 Å². The van der Waals surface area contributed by atoms with Crippen LogP contribution in [-0.2, 0) is 16.6 Å². The molecule has 0 amide bonds. The highest BCUT2D eigenvalue weighted by Gasteiger charge is 2.21. The molecule has 1 unspecified atom stereocenters. The molecule has 2 rings (SSSR count). The molecule has 2 aromatic carbocycles. The highest BCUT2D eigenvalue weighted by molar-refractivity contribution is 7.89. The van der Waals surface area contributed by atoms with Gasteiger partial charge in [-0.15, -0.1) is 12.4 Å². The number of hydrogen-bond acceptors (Lipinski definition) is 3. The van der Waals surface area contributed by atoms with Gasteiger partial charge in [0.1, 0.15) is 5.82 Å². The summed E-state index contributed by atoms with van der Waals surface area (Å²) in [6, 6.07) is 13.4. The van der Waals surface area contributed by atoms with Crippen molar-refractivity contribution in [1.29, 1.82) is 0 Å². The first-order valence-electron chi connectivity index (χ1n) is 8.46. The predicted octanol–water partition coefficient (Wildman–Crippen LogP) is 4.13. The quantitative estimate of drug-likeness (QED) is 0.724. The van der Waals surface area contributed by atoms with Crippen molar-refractivity contribution in [2.75, 3.05) is 13.1 Å². The van der Waals surface area contributed by atoms with E-state index in [0.29, 0.717) is 24.5 Å². The zero-order chi connectivity index (χ0) is 18.4. The Morgan fingerprint density at radius 3 is 2.04 bits per heavy atom. The molecule has 0 fully saturated rings. The van der Waals surface area contributed by atoms with Gasteiger partial charge in [-0.1, -0.05) is 38.1 Å². The van der Waals surface area contributed by atoms with Crippen LogP contribution in [0, 0.1) is 5.82 Å². The maximum Gasteiger partial charge on any atom is 0.243 e. The van der Waals surface area contributed by atoms with Crippen molar-refractivity contribution in [3.8, 4) is 0 Å². The van der Waals surface area contributed by atoms with Crippen molar-refractivity contribution < 1.29 is 12.8 Å². The molecule has 0 spiro atoms. The molecule has 0 aliphatic carbocycles. The molecule has 0 aliphatic rings. The first-order valence-corrected chi connectivity index (χ1v) is 9.90. The molecule has 26 heavy (non-hydrogen) atoms. The molecule has 144 valence electrons. The minimum absolute atomic E-state index is 0. The van der Waals surface area contributed by atoms with Crippen LogP contribution in [-0.4, -0.2) is 25.8 Å². The monoisotopic (exact) mass is 400 g/mol. The Kier molecular flexibility index (Phi) is 8.70. The summed E-state index contributed by atoms with van der Waals surface area (Å²) in [7, 11) is -3.43. The molecule has 0 saturated carbocycles. The molecule has 1 N–H and O–H groups in total. The van der Waals surface area contributed by atoms with Gasteiger partial charge in [0.2, 0.25) is 10.0 Å². The van der Waals surface area contributed by atoms with Crippen LogP contribution >= 0.6 is 12.4 Å². The smallest absolute Gasteiger partial charge is 0.243 e. The van der Waals surface area contributed by atoms with Crippen LogP contribution in [0.15, 0.2) is 53.4 Å². The van der Waals surface area contributed by atoms with E-state index in [1.807, 2.05) is 32.9 Å². The van der Waals surface area contributed by atoms with E-state index in [0.717, 1.165) is 11.1 Å². The van der Waals surface area contributed by atoms with E-state index in [1.165, 1.54) is 16.4 Å². The molecular weight excluding hydrogens is 375 g/mol. The fraction of sp³-hybridized carbons (Fsp3) is 0.368. The van der Waals surface area contributed by atoms with E-state index in [2.05, 4.69) is 5.32 Å². The zero-order valence-electron chi connectivity index (χ0n) is 15.3. The van der Waals surface area contributed by atoms with E-state index in [1.54, 1.807) is 24.3 Å². The van der Waals surface area contributed by atoms with Crippen LogP contribution in [0.4, 0.5) is 4.39 Å². The highest BCUT2D eigenvalue weighted by atomic mass is 35.5. The minimum Gasteiger partial charge on any atom is -0.306 e. The first kappa shape index (κ1) is 22.6. The van der Waals surface area contributed by atoms with Gasteiger partial charge in [0.05, 0.1) is 4.90 Å². The molecule has 0 bridgehead atoms. The average Bonchev–Trinajstić information content (AvgIpc) is 2.62. The van der Waals surface area contributed by atoms with Gasteiger partial charge in [0.25, 0.3) is 0 Å². The Bertz CT molecular complexity index is 776. The Hall–Kier alpha value is -1.47. The standard InChI is InChI=1S/C19H25FN2O2S.ClH/c1-4-22(5-2)25(23,24)19-12-8-17(9-13-19)15(3)21-14-16-6-10-18(20)11-7-16;/h6-13,15,21H,4-5,14H2,1-3H3;1H.